The monoisotopic (exact) mass is 698 g/mol. The first-order valence-electron chi connectivity index (χ1n) is 15.5. The van der Waals surface area contributed by atoms with Gasteiger partial charge in [-0.3, -0.25) is 9.59 Å². The fraction of sp³-hybridized carbons (Fsp3) is 0.429. The summed E-state index contributed by atoms with van der Waals surface area (Å²) in [6.07, 6.45) is 1.60. The second kappa shape index (κ2) is 15.1. The summed E-state index contributed by atoms with van der Waals surface area (Å²) >= 11 is 3.17. The van der Waals surface area contributed by atoms with Gasteiger partial charge in [0.2, 0.25) is 15.9 Å². The van der Waals surface area contributed by atoms with Gasteiger partial charge in [-0.15, -0.1) is 23.5 Å². The molecule has 0 bridgehead atoms. The number of amides is 2. The van der Waals surface area contributed by atoms with E-state index in [2.05, 4.69) is 21.4 Å². The smallest absolute Gasteiger partial charge is 0.250 e. The fourth-order valence-corrected chi connectivity index (χ4v) is 8.55. The van der Waals surface area contributed by atoms with Gasteiger partial charge in [0.25, 0.3) is 5.91 Å². The van der Waals surface area contributed by atoms with Crippen LogP contribution in [0.3, 0.4) is 0 Å². The summed E-state index contributed by atoms with van der Waals surface area (Å²) in [5, 5.41) is 15.8. The molecule has 0 saturated heterocycles. The zero-order valence-corrected chi connectivity index (χ0v) is 30.5. The van der Waals surface area contributed by atoms with Gasteiger partial charge >= 0.3 is 0 Å². The second-order valence-corrected chi connectivity index (χ2v) is 17.1. The van der Waals surface area contributed by atoms with Crippen molar-refractivity contribution in [1.29, 1.82) is 0 Å². The standard InChI is InChI=1S/C35H46N4O5S3/c1-23(40)20-36-35(5,6)19-32(41)37-28-22-46-30-18-26(45-7)16-17-29(30)39(33(28)42)21-24-12-14-25(15-13-24)27-10-8-9-11-31(27)47(43,44)38-34(2,3)4/h8-18,23,28,36,38,40H,19-22H2,1-7H3,(H,37,41)/t23-,28-/m1/s1. The molecule has 2 atom stereocenters. The first-order chi connectivity index (χ1) is 22.0. The van der Waals surface area contributed by atoms with E-state index in [1.54, 1.807) is 74.3 Å². The molecule has 1 aliphatic heterocycles. The summed E-state index contributed by atoms with van der Waals surface area (Å²) in [6.45, 7) is 11.5. The number of nitrogens with zero attached hydrogens (tertiary/aromatic N) is 1. The molecule has 254 valence electrons. The number of carbonyl (C=O) groups is 2. The Hall–Kier alpha value is -2.87. The molecule has 0 aromatic heterocycles. The number of hydrogen-bond donors (Lipinski definition) is 4. The van der Waals surface area contributed by atoms with Gasteiger partial charge in [0.15, 0.2) is 0 Å². The number of aliphatic hydroxyl groups is 1. The van der Waals surface area contributed by atoms with Crippen LogP contribution < -0.4 is 20.3 Å². The molecule has 1 heterocycles. The fourth-order valence-electron chi connectivity index (χ4n) is 5.28. The van der Waals surface area contributed by atoms with Crippen molar-refractivity contribution in [2.45, 2.75) is 92.4 Å². The maximum Gasteiger partial charge on any atom is 0.250 e. The number of sulfonamides is 1. The highest BCUT2D eigenvalue weighted by Gasteiger charge is 2.33. The van der Waals surface area contributed by atoms with E-state index in [1.165, 1.54) is 0 Å². The number of nitrogens with one attached hydrogen (secondary N) is 3. The van der Waals surface area contributed by atoms with E-state index in [-0.39, 0.29) is 29.7 Å². The van der Waals surface area contributed by atoms with Gasteiger partial charge in [0, 0.05) is 45.2 Å². The first-order valence-corrected chi connectivity index (χ1v) is 19.2. The number of aliphatic hydroxyl groups excluding tert-OH is 1. The van der Waals surface area contributed by atoms with Crippen LogP contribution in [0.2, 0.25) is 0 Å². The molecule has 3 aromatic carbocycles. The van der Waals surface area contributed by atoms with E-state index in [0.29, 0.717) is 17.9 Å². The number of thioether (sulfide) groups is 2. The highest BCUT2D eigenvalue weighted by molar-refractivity contribution is 8.00. The molecule has 1 aliphatic rings. The lowest BCUT2D eigenvalue weighted by molar-refractivity contribution is -0.127. The number of benzene rings is 3. The molecule has 47 heavy (non-hydrogen) atoms. The van der Waals surface area contributed by atoms with Crippen LogP contribution >= 0.6 is 23.5 Å². The Balaban J connectivity index is 1.60. The summed E-state index contributed by atoms with van der Waals surface area (Å²) in [5.41, 5.74) is 1.76. The highest BCUT2D eigenvalue weighted by Crippen LogP contribution is 2.38. The van der Waals surface area contributed by atoms with Crippen molar-refractivity contribution in [3.63, 3.8) is 0 Å². The summed E-state index contributed by atoms with van der Waals surface area (Å²) < 4.78 is 29.2. The third-order valence-corrected chi connectivity index (χ3v) is 11.1. The molecule has 4 rings (SSSR count). The van der Waals surface area contributed by atoms with Crippen molar-refractivity contribution in [1.82, 2.24) is 15.4 Å². The predicted octanol–water partition coefficient (Wildman–Crippen LogP) is 5.42. The Morgan fingerprint density at radius 3 is 2.38 bits per heavy atom. The predicted molar refractivity (Wildman–Crippen MR) is 192 cm³/mol. The van der Waals surface area contributed by atoms with Crippen LogP contribution in [-0.2, 0) is 26.2 Å². The van der Waals surface area contributed by atoms with Crippen molar-refractivity contribution in [3.05, 3.63) is 72.3 Å². The minimum Gasteiger partial charge on any atom is -0.392 e. The maximum absolute atomic E-state index is 14.1. The van der Waals surface area contributed by atoms with Gasteiger partial charge in [-0.05, 0) is 83.2 Å². The van der Waals surface area contributed by atoms with Crippen LogP contribution in [0.25, 0.3) is 11.1 Å². The summed E-state index contributed by atoms with van der Waals surface area (Å²) in [7, 11) is -3.77. The lowest BCUT2D eigenvalue weighted by Gasteiger charge is -2.29. The Morgan fingerprint density at radius 1 is 1.06 bits per heavy atom. The Morgan fingerprint density at radius 2 is 1.74 bits per heavy atom. The van der Waals surface area contributed by atoms with Crippen LogP contribution in [0.5, 0.6) is 0 Å². The largest absolute Gasteiger partial charge is 0.392 e. The Labute approximate surface area is 287 Å². The van der Waals surface area contributed by atoms with E-state index in [4.69, 9.17) is 0 Å². The third-order valence-electron chi connectivity index (χ3n) is 7.46. The molecule has 0 radical (unpaired) electrons. The molecular weight excluding hydrogens is 653 g/mol. The van der Waals surface area contributed by atoms with Crippen molar-refractivity contribution in [2.24, 2.45) is 0 Å². The van der Waals surface area contributed by atoms with Gasteiger partial charge in [-0.1, -0.05) is 42.5 Å². The molecule has 3 aromatic rings. The van der Waals surface area contributed by atoms with Crippen LogP contribution in [0.1, 0.15) is 53.5 Å². The van der Waals surface area contributed by atoms with E-state index in [9.17, 15) is 23.1 Å². The average Bonchev–Trinajstić information content (AvgIpc) is 3.11. The van der Waals surface area contributed by atoms with Crippen LogP contribution in [-0.4, -0.2) is 67.1 Å². The zero-order chi connectivity index (χ0) is 34.6. The molecule has 0 saturated carbocycles. The summed E-state index contributed by atoms with van der Waals surface area (Å²) in [4.78, 5) is 31.2. The van der Waals surface area contributed by atoms with Crippen LogP contribution in [0.15, 0.2) is 81.4 Å². The van der Waals surface area contributed by atoms with E-state index in [1.807, 2.05) is 62.6 Å². The quantitative estimate of drug-likeness (QED) is 0.185. The summed E-state index contributed by atoms with van der Waals surface area (Å²) in [5.74, 6) is -0.0630. The number of fused-ring (bicyclic) bond motifs is 1. The lowest BCUT2D eigenvalue weighted by Crippen LogP contribution is -2.52. The van der Waals surface area contributed by atoms with Gasteiger partial charge in [-0.25, -0.2) is 13.1 Å². The van der Waals surface area contributed by atoms with Crippen LogP contribution in [0.4, 0.5) is 5.69 Å². The molecule has 0 spiro atoms. The lowest BCUT2D eigenvalue weighted by atomic mass is 9.99. The molecule has 12 heteroatoms. The normalized spacial score (nSPS) is 16.4. The van der Waals surface area contributed by atoms with E-state index >= 15 is 0 Å². The van der Waals surface area contributed by atoms with Crippen LogP contribution in [0, 0.1) is 0 Å². The average molecular weight is 699 g/mol. The highest BCUT2D eigenvalue weighted by atomic mass is 32.2. The second-order valence-electron chi connectivity index (χ2n) is 13.5. The summed E-state index contributed by atoms with van der Waals surface area (Å²) in [6, 6.07) is 19.7. The van der Waals surface area contributed by atoms with Crippen molar-refractivity contribution >= 4 is 51.0 Å². The molecule has 2 amide bonds. The zero-order valence-electron chi connectivity index (χ0n) is 28.1. The van der Waals surface area contributed by atoms with Gasteiger partial charge < -0.3 is 20.6 Å². The number of hydrogen-bond acceptors (Lipinski definition) is 8. The third kappa shape index (κ3) is 10.1. The molecule has 0 fully saturated rings. The number of rotatable bonds is 12. The Kier molecular flexibility index (Phi) is 11.9. The number of anilines is 1. The molecular formula is C35H46N4O5S3. The van der Waals surface area contributed by atoms with Gasteiger partial charge in [0.1, 0.15) is 6.04 Å². The van der Waals surface area contributed by atoms with E-state index < -0.39 is 33.2 Å². The van der Waals surface area contributed by atoms with Crippen molar-refractivity contribution in [3.8, 4) is 11.1 Å². The molecule has 0 unspecified atom stereocenters. The topological polar surface area (TPSA) is 128 Å². The first kappa shape index (κ1) is 37.0. The van der Waals surface area contributed by atoms with Crippen molar-refractivity contribution < 1.29 is 23.1 Å². The number of β-amino-alcohol motifs (C(OH)–C–C–N with tert-alkyl or cyclic N) is 1. The van der Waals surface area contributed by atoms with Crippen molar-refractivity contribution in [2.75, 3.05) is 23.5 Å². The molecule has 0 aliphatic carbocycles. The minimum atomic E-state index is -3.77. The molecule has 4 N–H and O–H groups in total. The van der Waals surface area contributed by atoms with Gasteiger partial charge in [-0.2, -0.15) is 0 Å². The molecule has 9 nitrogen and oxygen atoms in total. The number of carbonyl (C=O) groups excluding carboxylic acids is 2. The SMILES string of the molecule is CSc1ccc2c(c1)SC[C@@H](NC(=O)CC(C)(C)NC[C@@H](C)O)C(=O)N2Cc1ccc(-c2ccccc2S(=O)(=O)NC(C)(C)C)cc1. The van der Waals surface area contributed by atoms with Gasteiger partial charge in [0.05, 0.1) is 23.2 Å². The van der Waals surface area contributed by atoms with E-state index in [0.717, 1.165) is 26.6 Å². The Bertz CT molecular complexity index is 1690. The maximum atomic E-state index is 14.1. The minimum absolute atomic E-state index is 0.141.